The Bertz CT molecular complexity index is 1920. The summed E-state index contributed by atoms with van der Waals surface area (Å²) >= 11 is 0. The molecule has 274 valence electrons. The van der Waals surface area contributed by atoms with Gasteiger partial charge in [0, 0.05) is 39.1 Å². The van der Waals surface area contributed by atoms with Gasteiger partial charge in [0.15, 0.2) is 5.76 Å². The largest absolute Gasteiger partial charge is 0.497 e. The topological polar surface area (TPSA) is 121 Å². The maximum absolute atomic E-state index is 14.6. The van der Waals surface area contributed by atoms with Gasteiger partial charge < -0.3 is 34.3 Å². The zero-order valence-corrected chi connectivity index (χ0v) is 30.6. The molecule has 0 radical (unpaired) electrons. The first kappa shape index (κ1) is 34.7. The average molecular weight is 707 g/mol. The molecule has 2 spiro atoms. The van der Waals surface area contributed by atoms with Gasteiger partial charge in [-0.3, -0.25) is 4.79 Å². The molecule has 2 amide bonds. The Kier molecular flexibility index (Phi) is 8.27. The fourth-order valence-corrected chi connectivity index (χ4v) is 11.6. The van der Waals surface area contributed by atoms with Gasteiger partial charge in [-0.2, -0.15) is 0 Å². The van der Waals surface area contributed by atoms with E-state index in [0.717, 1.165) is 36.8 Å². The summed E-state index contributed by atoms with van der Waals surface area (Å²) in [4.78, 5) is 30.5. The highest BCUT2D eigenvalue weighted by Crippen LogP contribution is 2.78. The van der Waals surface area contributed by atoms with E-state index in [1.807, 2.05) is 42.5 Å². The van der Waals surface area contributed by atoms with Gasteiger partial charge in [0.05, 0.1) is 45.3 Å². The number of rotatable bonds is 9. The highest BCUT2D eigenvalue weighted by molar-refractivity contribution is 6.08. The molecule has 3 saturated carbocycles. The zero-order chi connectivity index (χ0) is 36.5. The molecule has 9 heteroatoms. The van der Waals surface area contributed by atoms with Crippen LogP contribution >= 0.6 is 0 Å². The second kappa shape index (κ2) is 12.4. The van der Waals surface area contributed by atoms with Crippen LogP contribution in [0.2, 0.25) is 0 Å². The molecule has 6 aliphatic carbocycles. The van der Waals surface area contributed by atoms with Gasteiger partial charge in [-0.05, 0) is 98.6 Å². The fourth-order valence-electron chi connectivity index (χ4n) is 11.6. The first-order valence-electron chi connectivity index (χ1n) is 18.7. The number of Topliss-reactive ketones (excluding diaryl/α,β-unsaturated/α-hetero) is 1. The number of hydrogen-bond acceptors (Lipinski definition) is 7. The van der Waals surface area contributed by atoms with Crippen LogP contribution in [0.4, 0.5) is 10.5 Å². The van der Waals surface area contributed by atoms with Crippen LogP contribution in [0, 0.1) is 33.5 Å². The molecule has 3 aromatic rings. The van der Waals surface area contributed by atoms with Crippen LogP contribution in [-0.4, -0.2) is 59.4 Å². The molecule has 52 heavy (non-hydrogen) atoms. The molecule has 1 heterocycles. The van der Waals surface area contributed by atoms with Gasteiger partial charge in [0.25, 0.3) is 0 Å². The maximum Gasteiger partial charge on any atom is 0.322 e. The van der Waals surface area contributed by atoms with E-state index in [2.05, 4.69) is 37.4 Å². The van der Waals surface area contributed by atoms with Gasteiger partial charge in [-0.15, -0.1) is 0 Å². The summed E-state index contributed by atoms with van der Waals surface area (Å²) in [5.74, 6) is 1.52. The molecule has 1 aromatic heterocycles. The molecule has 8 unspecified atom stereocenters. The Morgan fingerprint density at radius 2 is 1.67 bits per heavy atom. The van der Waals surface area contributed by atoms with Crippen LogP contribution in [0.3, 0.4) is 0 Å². The summed E-state index contributed by atoms with van der Waals surface area (Å²) in [7, 11) is 3.20. The van der Waals surface area contributed by atoms with Gasteiger partial charge in [0.1, 0.15) is 11.5 Å². The lowest BCUT2D eigenvalue weighted by molar-refractivity contribution is -0.174. The van der Waals surface area contributed by atoms with Crippen molar-refractivity contribution in [2.24, 2.45) is 33.5 Å². The molecule has 2 bridgehead atoms. The molecular weight excluding hydrogens is 656 g/mol. The summed E-state index contributed by atoms with van der Waals surface area (Å²) in [6.07, 6.45) is 12.8. The molecule has 6 aliphatic rings. The SMILES string of the molecule is COc1ccc(CN(CC2(O)CCC3C45C=CC6(C=C4C(=O)c4ccco4)CC(O)CCC6(C)C5CCC32C)C(=O)Nc2ccccc2)c(OC)c1. The maximum atomic E-state index is 14.6. The Balaban J connectivity index is 1.19. The second-order valence-electron chi connectivity index (χ2n) is 16.4. The number of amides is 2. The smallest absolute Gasteiger partial charge is 0.322 e. The first-order valence-corrected chi connectivity index (χ1v) is 18.7. The lowest BCUT2D eigenvalue weighted by Crippen LogP contribution is -2.67. The summed E-state index contributed by atoms with van der Waals surface area (Å²) in [5, 5.41) is 27.2. The number of ether oxygens (including phenoxy) is 2. The Morgan fingerprint density at radius 1 is 0.923 bits per heavy atom. The predicted molar refractivity (Wildman–Crippen MR) is 197 cm³/mol. The molecule has 9 nitrogen and oxygen atoms in total. The Labute approximate surface area is 305 Å². The number of benzene rings is 2. The third kappa shape index (κ3) is 4.95. The van der Waals surface area contributed by atoms with Crippen molar-refractivity contribution in [3.63, 3.8) is 0 Å². The number of carbonyl (C=O) groups excluding carboxylic acids is 2. The third-order valence-electron chi connectivity index (χ3n) is 14.3. The van der Waals surface area contributed by atoms with E-state index in [9.17, 15) is 19.8 Å². The van der Waals surface area contributed by atoms with Gasteiger partial charge in [-0.25, -0.2) is 4.79 Å². The number of methoxy groups -OCH3 is 2. The second-order valence-corrected chi connectivity index (χ2v) is 16.4. The summed E-state index contributed by atoms with van der Waals surface area (Å²) in [6.45, 7) is 4.85. The number of fused-ring (bicyclic) bond motifs is 1. The molecule has 0 saturated heterocycles. The van der Waals surface area contributed by atoms with Crippen LogP contribution in [-0.2, 0) is 6.54 Å². The van der Waals surface area contributed by atoms with Crippen molar-refractivity contribution in [1.29, 1.82) is 0 Å². The molecule has 9 rings (SSSR count). The van der Waals surface area contributed by atoms with Gasteiger partial charge in [0.2, 0.25) is 5.78 Å². The number of nitrogens with zero attached hydrogens (tertiary/aromatic N) is 1. The van der Waals surface area contributed by atoms with Crippen LogP contribution in [0.1, 0.15) is 74.9 Å². The van der Waals surface area contributed by atoms with Crippen molar-refractivity contribution in [2.45, 2.75) is 77.0 Å². The summed E-state index contributed by atoms with van der Waals surface area (Å²) in [6, 6.07) is 18.1. The minimum absolute atomic E-state index is 0.0679. The van der Waals surface area contributed by atoms with Crippen LogP contribution < -0.4 is 14.8 Å². The van der Waals surface area contributed by atoms with Gasteiger partial charge >= 0.3 is 6.03 Å². The molecule has 3 fully saturated rings. The summed E-state index contributed by atoms with van der Waals surface area (Å²) in [5.41, 5.74) is -0.904. The molecule has 8 atom stereocenters. The van der Waals surface area contributed by atoms with Gasteiger partial charge in [-0.1, -0.05) is 50.3 Å². The number of hydrogen-bond donors (Lipinski definition) is 3. The lowest BCUT2D eigenvalue weighted by Gasteiger charge is -2.71. The number of para-hydroxylation sites is 1. The zero-order valence-electron chi connectivity index (χ0n) is 30.6. The number of urea groups is 1. The number of furan rings is 1. The number of aliphatic hydroxyl groups is 2. The van der Waals surface area contributed by atoms with E-state index in [0.29, 0.717) is 42.2 Å². The standard InChI is InChI=1S/C43H50N2O7/c1-39-17-14-30(46)24-41(39)20-21-43(32(25-41)37(47)33-11-8-22-52-33)35(39)15-18-40(2)36(43)16-19-42(40,49)27-45(38(48)44-29-9-6-5-7-10-29)26-28-12-13-31(50-3)23-34(28)51-4/h5-13,20-23,25,30,35-36,46,49H,14-19,24,26-27H2,1-4H3,(H,44,48). The van der Waals surface area contributed by atoms with Crippen LogP contribution in [0.5, 0.6) is 11.5 Å². The van der Waals surface area contributed by atoms with E-state index in [1.165, 1.54) is 0 Å². The molecular formula is C43H50N2O7. The van der Waals surface area contributed by atoms with Crippen molar-refractivity contribution in [3.05, 3.63) is 102 Å². The third-order valence-corrected chi connectivity index (χ3v) is 14.3. The lowest BCUT2D eigenvalue weighted by atomic mass is 9.32. The number of anilines is 1. The Morgan fingerprint density at radius 3 is 2.40 bits per heavy atom. The fraction of sp³-hybridized carbons (Fsp3) is 0.488. The minimum Gasteiger partial charge on any atom is -0.497 e. The van der Waals surface area contributed by atoms with E-state index in [-0.39, 0.29) is 42.2 Å². The van der Waals surface area contributed by atoms with Crippen molar-refractivity contribution in [2.75, 3.05) is 26.1 Å². The molecule has 2 aromatic carbocycles. The van der Waals surface area contributed by atoms with Crippen molar-refractivity contribution < 1.29 is 33.7 Å². The van der Waals surface area contributed by atoms with Crippen molar-refractivity contribution in [1.82, 2.24) is 4.90 Å². The van der Waals surface area contributed by atoms with E-state index in [1.54, 1.807) is 43.6 Å². The molecule has 0 aliphatic heterocycles. The van der Waals surface area contributed by atoms with Crippen LogP contribution in [0.15, 0.2) is 95.1 Å². The monoisotopic (exact) mass is 706 g/mol. The quantitative estimate of drug-likeness (QED) is 0.153. The van der Waals surface area contributed by atoms with Crippen molar-refractivity contribution >= 4 is 17.5 Å². The van der Waals surface area contributed by atoms with E-state index < -0.39 is 27.9 Å². The number of ketones is 1. The normalized spacial score (nSPS) is 35.5. The highest BCUT2D eigenvalue weighted by atomic mass is 16.5. The van der Waals surface area contributed by atoms with Crippen molar-refractivity contribution in [3.8, 4) is 11.5 Å². The van der Waals surface area contributed by atoms with Crippen LogP contribution in [0.25, 0.3) is 0 Å². The minimum atomic E-state index is -1.26. The number of aliphatic hydroxyl groups excluding tert-OH is 1. The van der Waals surface area contributed by atoms with E-state index in [4.69, 9.17) is 13.9 Å². The van der Waals surface area contributed by atoms with E-state index >= 15 is 0 Å². The molecule has 3 N–H and O–H groups in total. The number of allylic oxidation sites excluding steroid dienone is 4. The summed E-state index contributed by atoms with van der Waals surface area (Å²) < 4.78 is 16.9. The predicted octanol–water partition coefficient (Wildman–Crippen LogP) is 7.80. The average Bonchev–Trinajstić information content (AvgIpc) is 3.78. The highest BCUT2D eigenvalue weighted by Gasteiger charge is 2.74. The number of carbonyl (C=O) groups is 2. The Hall–Kier alpha value is -4.34. The first-order chi connectivity index (χ1) is 24.9. The number of nitrogens with one attached hydrogen (secondary N) is 1.